The molecule has 1 aromatic rings. The molecule has 7 heteroatoms. The molecule has 0 saturated heterocycles. The normalized spacial score (nSPS) is 15.4. The van der Waals surface area contributed by atoms with Crippen molar-refractivity contribution in [3.8, 4) is 0 Å². The molecule has 1 aliphatic rings. The fraction of sp³-hybridized carbons (Fsp3) is 0.222. The van der Waals surface area contributed by atoms with E-state index in [0.717, 1.165) is 5.56 Å². The summed E-state index contributed by atoms with van der Waals surface area (Å²) in [5.41, 5.74) is 1.97. The summed E-state index contributed by atoms with van der Waals surface area (Å²) >= 11 is 0. The molecule has 0 spiro atoms. The molecule has 86 valence electrons. The minimum atomic E-state index is -4.69. The third-order valence-corrected chi connectivity index (χ3v) is 2.53. The van der Waals surface area contributed by atoms with Gasteiger partial charge in [0.15, 0.2) is 0 Å². The molecule has 6 nitrogen and oxygen atoms in total. The zero-order valence-corrected chi connectivity index (χ0v) is 9.19. The van der Waals surface area contributed by atoms with Gasteiger partial charge in [-0.2, -0.15) is 13.5 Å². The highest BCUT2D eigenvalue weighted by molar-refractivity contribution is 7.81. The van der Waals surface area contributed by atoms with Gasteiger partial charge in [-0.1, -0.05) is 17.7 Å². The van der Waals surface area contributed by atoms with Gasteiger partial charge in [-0.25, -0.2) is 0 Å². The zero-order chi connectivity index (χ0) is 11.9. The molecule has 1 aromatic carbocycles. The van der Waals surface area contributed by atoms with Gasteiger partial charge in [-0.3, -0.25) is 9.35 Å². The first-order chi connectivity index (χ1) is 7.37. The second-order valence-corrected chi connectivity index (χ2v) is 4.50. The molecule has 0 aliphatic carbocycles. The third-order valence-electron chi connectivity index (χ3n) is 2.19. The maximum Gasteiger partial charge on any atom is 0.418 e. The Morgan fingerprint density at radius 1 is 1.44 bits per heavy atom. The maximum atomic E-state index is 11.4. The summed E-state index contributed by atoms with van der Waals surface area (Å²) in [5.74, 6) is -0.529. The van der Waals surface area contributed by atoms with Crippen LogP contribution in [0.2, 0.25) is 0 Å². The van der Waals surface area contributed by atoms with Crippen LogP contribution in [0.1, 0.15) is 11.1 Å². The van der Waals surface area contributed by atoms with E-state index in [-0.39, 0.29) is 6.42 Å². The van der Waals surface area contributed by atoms with Crippen molar-refractivity contribution >= 4 is 22.0 Å². The smallest absolute Gasteiger partial charge is 0.272 e. The average molecular weight is 243 g/mol. The Kier molecular flexibility index (Phi) is 2.45. The number of aryl methyl sites for hydroxylation is 1. The van der Waals surface area contributed by atoms with Gasteiger partial charge < -0.3 is 0 Å². The molecular weight excluding hydrogens is 234 g/mol. The second-order valence-electron chi connectivity index (χ2n) is 3.50. The molecule has 16 heavy (non-hydrogen) atoms. The molecule has 2 rings (SSSR count). The largest absolute Gasteiger partial charge is 0.418 e. The van der Waals surface area contributed by atoms with E-state index in [1.54, 1.807) is 18.2 Å². The molecular formula is C9H9NO5S. The van der Waals surface area contributed by atoms with E-state index in [9.17, 15) is 13.2 Å². The number of benzene rings is 1. The SMILES string of the molecule is Cc1ccc2c(c1)CC(=O)N2OS(=O)(=O)O. The first kappa shape index (κ1) is 11.1. The molecule has 0 saturated carbocycles. The van der Waals surface area contributed by atoms with Gasteiger partial charge in [0.2, 0.25) is 0 Å². The zero-order valence-electron chi connectivity index (χ0n) is 8.37. The molecule has 1 heterocycles. The molecule has 0 unspecified atom stereocenters. The highest BCUT2D eigenvalue weighted by Gasteiger charge is 2.31. The summed E-state index contributed by atoms with van der Waals surface area (Å²) < 4.78 is 33.8. The average Bonchev–Trinajstić information content (AvgIpc) is 2.40. The van der Waals surface area contributed by atoms with E-state index < -0.39 is 16.3 Å². The highest BCUT2D eigenvalue weighted by Crippen LogP contribution is 2.30. The van der Waals surface area contributed by atoms with E-state index in [2.05, 4.69) is 4.28 Å². The molecule has 1 aliphatic heterocycles. The van der Waals surface area contributed by atoms with Crippen LogP contribution in [0.3, 0.4) is 0 Å². The van der Waals surface area contributed by atoms with Gasteiger partial charge >= 0.3 is 10.4 Å². The van der Waals surface area contributed by atoms with Crippen molar-refractivity contribution in [1.82, 2.24) is 0 Å². The number of anilines is 1. The first-order valence-corrected chi connectivity index (χ1v) is 5.83. The van der Waals surface area contributed by atoms with E-state index in [1.165, 1.54) is 0 Å². The van der Waals surface area contributed by atoms with Gasteiger partial charge in [-0.05, 0) is 18.6 Å². The third kappa shape index (κ3) is 2.06. The standard InChI is InChI=1S/C9H9NO5S/c1-6-2-3-8-7(4-6)5-9(11)10(8)15-16(12,13)14/h2-4H,5H2,1H3,(H,12,13,14). The second kappa shape index (κ2) is 3.55. The Morgan fingerprint density at radius 2 is 2.12 bits per heavy atom. The molecule has 0 radical (unpaired) electrons. The predicted octanol–water partition coefficient (Wildman–Crippen LogP) is 0.619. The van der Waals surface area contributed by atoms with Crippen LogP contribution >= 0.6 is 0 Å². The molecule has 1 N–H and O–H groups in total. The van der Waals surface area contributed by atoms with Crippen LogP contribution in [0.4, 0.5) is 5.69 Å². The van der Waals surface area contributed by atoms with Crippen LogP contribution in [0.25, 0.3) is 0 Å². The Bertz CT molecular complexity index is 551. The number of carbonyl (C=O) groups excluding carboxylic acids is 1. The fourth-order valence-electron chi connectivity index (χ4n) is 1.60. The minimum Gasteiger partial charge on any atom is -0.272 e. The summed E-state index contributed by atoms with van der Waals surface area (Å²) in [7, 11) is -4.69. The van der Waals surface area contributed by atoms with Crippen molar-refractivity contribution in [3.05, 3.63) is 29.3 Å². The quantitative estimate of drug-likeness (QED) is 0.770. The van der Waals surface area contributed by atoms with Crippen LogP contribution in [-0.4, -0.2) is 18.9 Å². The number of rotatable bonds is 2. The summed E-state index contributed by atoms with van der Waals surface area (Å²) in [6.45, 7) is 1.86. The van der Waals surface area contributed by atoms with Crippen molar-refractivity contribution in [2.75, 3.05) is 5.06 Å². The van der Waals surface area contributed by atoms with Crippen LogP contribution in [-0.2, 0) is 25.9 Å². The number of hydrogen-bond donors (Lipinski definition) is 1. The monoisotopic (exact) mass is 243 g/mol. The van der Waals surface area contributed by atoms with E-state index in [4.69, 9.17) is 4.55 Å². The van der Waals surface area contributed by atoms with Crippen molar-refractivity contribution < 1.29 is 22.0 Å². The first-order valence-electron chi connectivity index (χ1n) is 4.46. The van der Waals surface area contributed by atoms with Gasteiger partial charge in [0, 0.05) is 0 Å². The summed E-state index contributed by atoms with van der Waals surface area (Å²) in [4.78, 5) is 11.4. The molecule has 0 aromatic heterocycles. The summed E-state index contributed by atoms with van der Waals surface area (Å²) in [6, 6.07) is 5.05. The summed E-state index contributed by atoms with van der Waals surface area (Å²) in [5, 5.41) is 0.587. The van der Waals surface area contributed by atoms with E-state index in [1.807, 2.05) is 6.92 Å². The molecule has 0 atom stereocenters. The maximum absolute atomic E-state index is 11.4. The molecule has 1 amide bonds. The Labute approximate surface area is 92.3 Å². The van der Waals surface area contributed by atoms with Gasteiger partial charge in [0.25, 0.3) is 5.91 Å². The highest BCUT2D eigenvalue weighted by atomic mass is 32.3. The van der Waals surface area contributed by atoms with Crippen molar-refractivity contribution in [3.63, 3.8) is 0 Å². The van der Waals surface area contributed by atoms with Gasteiger partial charge in [0.1, 0.15) is 0 Å². The lowest BCUT2D eigenvalue weighted by atomic mass is 10.1. The topological polar surface area (TPSA) is 83.9 Å². The number of fused-ring (bicyclic) bond motifs is 1. The number of carbonyl (C=O) groups is 1. The van der Waals surface area contributed by atoms with Crippen molar-refractivity contribution in [1.29, 1.82) is 0 Å². The fourth-order valence-corrected chi connectivity index (χ4v) is 1.95. The van der Waals surface area contributed by atoms with Crippen LogP contribution < -0.4 is 5.06 Å². The lowest BCUT2D eigenvalue weighted by molar-refractivity contribution is -0.121. The minimum absolute atomic E-state index is 0.0620. The van der Waals surface area contributed by atoms with Gasteiger partial charge in [-0.15, -0.1) is 4.28 Å². The lowest BCUT2D eigenvalue weighted by Gasteiger charge is -2.13. The predicted molar refractivity (Wildman–Crippen MR) is 55.0 cm³/mol. The van der Waals surface area contributed by atoms with Crippen LogP contribution in [0.5, 0.6) is 0 Å². The number of amides is 1. The Balaban J connectivity index is 2.40. The van der Waals surface area contributed by atoms with Crippen molar-refractivity contribution in [2.45, 2.75) is 13.3 Å². The Hall–Kier alpha value is -1.44. The number of hydroxylamine groups is 1. The summed E-state index contributed by atoms with van der Waals surface area (Å²) in [6.07, 6.45) is 0.0620. The Morgan fingerprint density at radius 3 is 2.75 bits per heavy atom. The van der Waals surface area contributed by atoms with Crippen molar-refractivity contribution in [2.24, 2.45) is 0 Å². The molecule has 0 bridgehead atoms. The van der Waals surface area contributed by atoms with Crippen LogP contribution in [0.15, 0.2) is 18.2 Å². The lowest BCUT2D eigenvalue weighted by Crippen LogP contribution is -2.29. The van der Waals surface area contributed by atoms with Gasteiger partial charge in [0.05, 0.1) is 12.1 Å². The van der Waals surface area contributed by atoms with Crippen LogP contribution in [0, 0.1) is 6.92 Å². The van der Waals surface area contributed by atoms with E-state index >= 15 is 0 Å². The molecule has 0 fully saturated rings. The number of nitrogens with zero attached hydrogens (tertiary/aromatic N) is 1. The van der Waals surface area contributed by atoms with E-state index in [0.29, 0.717) is 16.3 Å². The number of hydrogen-bond acceptors (Lipinski definition) is 4.